The van der Waals surface area contributed by atoms with Gasteiger partial charge in [0.05, 0.1) is 15.8 Å². The smallest absolute Gasteiger partial charge is 0.158 e. The Morgan fingerprint density at radius 2 is 1.54 bits per heavy atom. The highest BCUT2D eigenvalue weighted by atomic mass is 32.1. The Hall–Kier alpha value is -3.05. The number of nitrogens with zero attached hydrogens (tertiary/aromatic N) is 1. The Morgan fingerprint density at radius 3 is 2.33 bits per heavy atom. The molecule has 4 nitrogen and oxygen atoms in total. The summed E-state index contributed by atoms with van der Waals surface area (Å²) in [5.41, 5.74) is 2.72. The lowest BCUT2D eigenvalue weighted by molar-refractivity contribution is 0.404. The molecule has 0 aliphatic rings. The first kappa shape index (κ1) is 14.5. The molecule has 0 fully saturated rings. The maximum atomic E-state index is 10.7. The van der Waals surface area contributed by atoms with E-state index in [0.717, 1.165) is 15.2 Å². The third-order valence-corrected chi connectivity index (χ3v) is 4.92. The van der Waals surface area contributed by atoms with E-state index in [0.29, 0.717) is 16.7 Å². The van der Waals surface area contributed by atoms with Crippen LogP contribution in [0.25, 0.3) is 31.9 Å². The van der Waals surface area contributed by atoms with Crippen LogP contribution in [0.4, 0.5) is 0 Å². The Balaban J connectivity index is 1.87. The quantitative estimate of drug-likeness (QED) is 0.462. The third kappa shape index (κ3) is 2.35. The monoisotopic (exact) mass is 335 g/mol. The maximum absolute atomic E-state index is 10.7. The van der Waals surface area contributed by atoms with Crippen LogP contribution in [0.5, 0.6) is 17.2 Å². The summed E-state index contributed by atoms with van der Waals surface area (Å²) in [7, 11) is 0. The average Bonchev–Trinajstić information content (AvgIpc) is 3.01. The molecule has 0 aliphatic heterocycles. The van der Waals surface area contributed by atoms with Gasteiger partial charge >= 0.3 is 0 Å². The van der Waals surface area contributed by atoms with E-state index in [4.69, 9.17) is 0 Å². The van der Waals surface area contributed by atoms with Crippen LogP contribution in [0.15, 0.2) is 60.7 Å². The topological polar surface area (TPSA) is 73.6 Å². The number of rotatable bonds is 2. The van der Waals surface area contributed by atoms with E-state index in [1.165, 1.54) is 23.5 Å². The van der Waals surface area contributed by atoms with Crippen molar-refractivity contribution in [1.82, 2.24) is 4.98 Å². The standard InChI is InChI=1S/C19H13NO3S/c21-15-9-8-11(10-16(15)22)12-4-3-5-13(18(12)23)19-20-14-6-1-2-7-17(14)24-19/h1-10,21-23H. The summed E-state index contributed by atoms with van der Waals surface area (Å²) in [5.74, 6) is -0.320. The lowest BCUT2D eigenvalue weighted by atomic mass is 10.0. The second-order valence-electron chi connectivity index (χ2n) is 5.39. The summed E-state index contributed by atoms with van der Waals surface area (Å²) in [4.78, 5) is 4.58. The molecule has 0 amide bonds. The van der Waals surface area contributed by atoms with Crippen molar-refractivity contribution in [3.8, 4) is 38.9 Å². The molecular formula is C19H13NO3S. The molecule has 0 aliphatic carbocycles. The van der Waals surface area contributed by atoms with Gasteiger partial charge in [-0.25, -0.2) is 4.98 Å². The number of hydrogen-bond donors (Lipinski definition) is 3. The van der Waals surface area contributed by atoms with E-state index >= 15 is 0 Å². The molecule has 5 heteroatoms. The number of aromatic hydroxyl groups is 3. The summed E-state index contributed by atoms with van der Waals surface area (Å²) in [5, 5.41) is 30.6. The summed E-state index contributed by atoms with van der Waals surface area (Å²) in [6.07, 6.45) is 0. The highest BCUT2D eigenvalue weighted by Gasteiger charge is 2.15. The number of thiazole rings is 1. The van der Waals surface area contributed by atoms with E-state index in [1.807, 2.05) is 36.4 Å². The zero-order chi connectivity index (χ0) is 16.7. The number of fused-ring (bicyclic) bond motifs is 1. The fraction of sp³-hybridized carbons (Fsp3) is 0. The predicted octanol–water partition coefficient (Wildman–Crippen LogP) is 4.75. The van der Waals surface area contributed by atoms with Crippen LogP contribution in [0.1, 0.15) is 0 Å². The first-order chi connectivity index (χ1) is 11.6. The van der Waals surface area contributed by atoms with Crippen LogP contribution in [-0.4, -0.2) is 20.3 Å². The second-order valence-corrected chi connectivity index (χ2v) is 6.42. The minimum Gasteiger partial charge on any atom is -0.507 e. The Labute approximate surface area is 141 Å². The number of phenols is 3. The SMILES string of the molecule is Oc1ccc(-c2cccc(-c3nc4ccccc4s3)c2O)cc1O. The van der Waals surface area contributed by atoms with Crippen LogP contribution in [0.3, 0.4) is 0 Å². The number of phenolic OH excluding ortho intramolecular Hbond substituents is 3. The zero-order valence-corrected chi connectivity index (χ0v) is 13.3. The Morgan fingerprint density at radius 1 is 0.750 bits per heavy atom. The van der Waals surface area contributed by atoms with E-state index in [-0.39, 0.29) is 17.2 Å². The van der Waals surface area contributed by atoms with Crippen molar-refractivity contribution in [2.45, 2.75) is 0 Å². The fourth-order valence-electron chi connectivity index (χ4n) is 2.63. The molecule has 0 bridgehead atoms. The van der Waals surface area contributed by atoms with E-state index < -0.39 is 0 Å². The van der Waals surface area contributed by atoms with Crippen LogP contribution in [0, 0.1) is 0 Å². The molecule has 0 radical (unpaired) electrons. The summed E-state index contributed by atoms with van der Waals surface area (Å²) >= 11 is 1.51. The summed E-state index contributed by atoms with van der Waals surface area (Å²) in [6.45, 7) is 0. The van der Waals surface area contributed by atoms with Crippen molar-refractivity contribution in [1.29, 1.82) is 0 Å². The molecule has 3 aromatic carbocycles. The van der Waals surface area contributed by atoms with Gasteiger partial charge in [-0.1, -0.05) is 30.3 Å². The van der Waals surface area contributed by atoms with Gasteiger partial charge in [-0.3, -0.25) is 0 Å². The molecule has 1 aromatic heterocycles. The van der Waals surface area contributed by atoms with Crippen LogP contribution < -0.4 is 0 Å². The van der Waals surface area contributed by atoms with Crippen LogP contribution in [-0.2, 0) is 0 Å². The second kappa shape index (κ2) is 5.54. The normalized spacial score (nSPS) is 11.0. The van der Waals surface area contributed by atoms with Gasteiger partial charge in [0.15, 0.2) is 11.5 Å². The minimum absolute atomic E-state index is 0.0987. The molecule has 1 heterocycles. The first-order valence-corrected chi connectivity index (χ1v) is 8.15. The average molecular weight is 335 g/mol. The zero-order valence-electron chi connectivity index (χ0n) is 12.5. The lowest BCUT2D eigenvalue weighted by Crippen LogP contribution is -1.84. The van der Waals surface area contributed by atoms with Gasteiger partial charge in [-0.05, 0) is 35.9 Å². The molecule has 24 heavy (non-hydrogen) atoms. The van der Waals surface area contributed by atoms with Gasteiger partial charge in [-0.2, -0.15) is 0 Å². The predicted molar refractivity (Wildman–Crippen MR) is 95.5 cm³/mol. The van der Waals surface area contributed by atoms with Crippen LogP contribution in [0.2, 0.25) is 0 Å². The first-order valence-electron chi connectivity index (χ1n) is 7.34. The van der Waals surface area contributed by atoms with E-state index in [2.05, 4.69) is 4.98 Å². The molecule has 0 spiro atoms. The van der Waals surface area contributed by atoms with E-state index in [9.17, 15) is 15.3 Å². The number of para-hydroxylation sites is 2. The van der Waals surface area contributed by atoms with E-state index in [1.54, 1.807) is 12.1 Å². The number of hydrogen-bond acceptors (Lipinski definition) is 5. The highest BCUT2D eigenvalue weighted by molar-refractivity contribution is 7.21. The molecule has 3 N–H and O–H groups in total. The van der Waals surface area contributed by atoms with Gasteiger partial charge in [-0.15, -0.1) is 11.3 Å². The van der Waals surface area contributed by atoms with Crippen molar-refractivity contribution in [2.24, 2.45) is 0 Å². The molecule has 0 unspecified atom stereocenters. The Bertz CT molecular complexity index is 1020. The van der Waals surface area contributed by atoms with Crippen LogP contribution >= 0.6 is 11.3 Å². The molecule has 118 valence electrons. The highest BCUT2D eigenvalue weighted by Crippen LogP contribution is 2.42. The van der Waals surface area contributed by atoms with Crippen molar-refractivity contribution < 1.29 is 15.3 Å². The molecule has 0 saturated heterocycles. The molecular weight excluding hydrogens is 322 g/mol. The summed E-state index contributed by atoms with van der Waals surface area (Å²) < 4.78 is 1.06. The van der Waals surface area contributed by atoms with Gasteiger partial charge in [0, 0.05) is 5.56 Å². The molecule has 4 rings (SSSR count). The summed E-state index contributed by atoms with van der Waals surface area (Å²) in [6, 6.07) is 17.7. The van der Waals surface area contributed by atoms with Crippen molar-refractivity contribution >= 4 is 21.6 Å². The van der Waals surface area contributed by atoms with Gasteiger partial charge < -0.3 is 15.3 Å². The van der Waals surface area contributed by atoms with Crippen molar-refractivity contribution in [3.05, 3.63) is 60.7 Å². The fourth-order valence-corrected chi connectivity index (χ4v) is 3.62. The van der Waals surface area contributed by atoms with Crippen molar-refractivity contribution in [3.63, 3.8) is 0 Å². The van der Waals surface area contributed by atoms with Gasteiger partial charge in [0.1, 0.15) is 10.8 Å². The van der Waals surface area contributed by atoms with Crippen molar-refractivity contribution in [2.75, 3.05) is 0 Å². The largest absolute Gasteiger partial charge is 0.507 e. The number of aromatic nitrogens is 1. The minimum atomic E-state index is -0.225. The number of benzene rings is 3. The molecule has 4 aromatic rings. The Kier molecular flexibility index (Phi) is 3.36. The lowest BCUT2D eigenvalue weighted by Gasteiger charge is -2.09. The van der Waals surface area contributed by atoms with Gasteiger partial charge in [0.2, 0.25) is 0 Å². The molecule has 0 saturated carbocycles. The van der Waals surface area contributed by atoms with Gasteiger partial charge in [0.25, 0.3) is 0 Å². The maximum Gasteiger partial charge on any atom is 0.158 e. The molecule has 0 atom stereocenters. The third-order valence-electron chi connectivity index (χ3n) is 3.85.